The van der Waals surface area contributed by atoms with Gasteiger partial charge in [-0.2, -0.15) is 0 Å². The minimum atomic E-state index is -3.46. The van der Waals surface area contributed by atoms with Gasteiger partial charge in [0.05, 0.1) is 4.90 Å². The summed E-state index contributed by atoms with van der Waals surface area (Å²) in [7, 11) is -3.46. The first kappa shape index (κ1) is 18.1. The Hall–Kier alpha value is -2.67. The predicted octanol–water partition coefficient (Wildman–Crippen LogP) is 2.48. The number of amides is 1. The van der Waals surface area contributed by atoms with E-state index < -0.39 is 21.7 Å². The molecule has 26 heavy (non-hydrogen) atoms. The molecule has 1 N–H and O–H groups in total. The first-order valence-corrected chi connectivity index (χ1v) is 10.1. The third-order valence-electron chi connectivity index (χ3n) is 4.63. The molecule has 0 saturated heterocycles. The summed E-state index contributed by atoms with van der Waals surface area (Å²) in [6, 6.07) is 11.4. The number of carboxylic acid groups (broad SMARTS) is 1. The highest BCUT2D eigenvalue weighted by atomic mass is 32.2. The number of carboxylic acids is 1. The number of aliphatic carboxylic acids is 1. The SMILES string of the molecule is CCc1ccc(S(C)(=O)=O)cc1C(=O)N1CC(C(=O)O)c2ccccc21. The first-order chi connectivity index (χ1) is 12.2. The minimum Gasteiger partial charge on any atom is -0.481 e. The molecule has 136 valence electrons. The van der Waals surface area contributed by atoms with Crippen LogP contribution in [-0.4, -0.2) is 38.2 Å². The molecule has 6 nitrogen and oxygen atoms in total. The number of para-hydroxylation sites is 1. The van der Waals surface area contributed by atoms with E-state index in [1.54, 1.807) is 30.3 Å². The van der Waals surface area contributed by atoms with Gasteiger partial charge in [0, 0.05) is 24.1 Å². The largest absolute Gasteiger partial charge is 0.481 e. The van der Waals surface area contributed by atoms with Crippen LogP contribution in [0.3, 0.4) is 0 Å². The number of carbonyl (C=O) groups excluding carboxylic acids is 1. The molecule has 1 unspecified atom stereocenters. The van der Waals surface area contributed by atoms with Crippen molar-refractivity contribution in [3.63, 3.8) is 0 Å². The van der Waals surface area contributed by atoms with Gasteiger partial charge >= 0.3 is 5.97 Å². The van der Waals surface area contributed by atoms with E-state index in [-0.39, 0.29) is 22.9 Å². The number of hydrogen-bond donors (Lipinski definition) is 1. The van der Waals surface area contributed by atoms with Crippen LogP contribution in [0, 0.1) is 0 Å². The summed E-state index contributed by atoms with van der Waals surface area (Å²) < 4.78 is 23.7. The Bertz CT molecular complexity index is 997. The molecule has 0 radical (unpaired) electrons. The second kappa shape index (κ2) is 6.57. The molecular formula is C19H19NO5S. The highest BCUT2D eigenvalue weighted by Crippen LogP contribution is 2.37. The third kappa shape index (κ3) is 3.10. The van der Waals surface area contributed by atoms with Gasteiger partial charge in [0.15, 0.2) is 9.84 Å². The first-order valence-electron chi connectivity index (χ1n) is 8.20. The van der Waals surface area contributed by atoms with Gasteiger partial charge in [-0.15, -0.1) is 0 Å². The molecule has 1 atom stereocenters. The van der Waals surface area contributed by atoms with Crippen LogP contribution >= 0.6 is 0 Å². The normalized spacial score (nSPS) is 16.4. The number of benzene rings is 2. The molecule has 2 aromatic rings. The van der Waals surface area contributed by atoms with E-state index >= 15 is 0 Å². The lowest BCUT2D eigenvalue weighted by atomic mass is 10.0. The van der Waals surface area contributed by atoms with Crippen LogP contribution in [-0.2, 0) is 21.1 Å². The molecule has 0 fully saturated rings. The van der Waals surface area contributed by atoms with Gasteiger partial charge < -0.3 is 10.0 Å². The molecule has 0 aliphatic carbocycles. The number of anilines is 1. The van der Waals surface area contributed by atoms with Crippen molar-refractivity contribution in [1.29, 1.82) is 0 Å². The van der Waals surface area contributed by atoms with Gasteiger partial charge in [-0.1, -0.05) is 31.2 Å². The number of sulfone groups is 1. The fourth-order valence-electron chi connectivity index (χ4n) is 3.25. The van der Waals surface area contributed by atoms with Gasteiger partial charge in [0.2, 0.25) is 0 Å². The summed E-state index contributed by atoms with van der Waals surface area (Å²) in [6.45, 7) is 1.91. The van der Waals surface area contributed by atoms with Crippen molar-refractivity contribution in [1.82, 2.24) is 0 Å². The summed E-state index contributed by atoms with van der Waals surface area (Å²) >= 11 is 0. The van der Waals surface area contributed by atoms with E-state index in [1.165, 1.54) is 17.0 Å². The molecule has 1 amide bonds. The van der Waals surface area contributed by atoms with E-state index in [4.69, 9.17) is 0 Å². The molecule has 1 heterocycles. The average Bonchev–Trinajstić information content (AvgIpc) is 2.99. The molecule has 0 saturated carbocycles. The van der Waals surface area contributed by atoms with Crippen molar-refractivity contribution in [2.24, 2.45) is 0 Å². The number of carbonyl (C=O) groups is 2. The van der Waals surface area contributed by atoms with E-state index in [1.807, 2.05) is 6.92 Å². The lowest BCUT2D eigenvalue weighted by Crippen LogP contribution is -2.32. The summed E-state index contributed by atoms with van der Waals surface area (Å²) in [4.78, 5) is 26.2. The predicted molar refractivity (Wildman–Crippen MR) is 97.4 cm³/mol. The summed E-state index contributed by atoms with van der Waals surface area (Å²) in [6.07, 6.45) is 1.65. The van der Waals surface area contributed by atoms with Crippen LogP contribution in [0.4, 0.5) is 5.69 Å². The van der Waals surface area contributed by atoms with E-state index in [0.717, 1.165) is 11.8 Å². The lowest BCUT2D eigenvalue weighted by Gasteiger charge is -2.20. The smallest absolute Gasteiger partial charge is 0.312 e. The molecule has 0 spiro atoms. The molecule has 2 aromatic carbocycles. The fraction of sp³-hybridized carbons (Fsp3) is 0.263. The van der Waals surface area contributed by atoms with Gasteiger partial charge in [-0.3, -0.25) is 9.59 Å². The molecular weight excluding hydrogens is 354 g/mol. The Morgan fingerprint density at radius 3 is 2.50 bits per heavy atom. The fourth-order valence-corrected chi connectivity index (χ4v) is 3.90. The summed E-state index contributed by atoms with van der Waals surface area (Å²) in [5, 5.41) is 9.46. The van der Waals surface area contributed by atoms with Crippen LogP contribution in [0.25, 0.3) is 0 Å². The highest BCUT2D eigenvalue weighted by molar-refractivity contribution is 7.90. The van der Waals surface area contributed by atoms with Crippen LogP contribution in [0.2, 0.25) is 0 Å². The second-order valence-corrected chi connectivity index (χ2v) is 8.33. The van der Waals surface area contributed by atoms with Crippen LogP contribution in [0.15, 0.2) is 47.4 Å². The zero-order valence-electron chi connectivity index (χ0n) is 14.5. The zero-order valence-corrected chi connectivity index (χ0v) is 15.3. The maximum Gasteiger partial charge on any atom is 0.312 e. The maximum atomic E-state index is 13.2. The van der Waals surface area contributed by atoms with Gasteiger partial charge in [-0.25, -0.2) is 8.42 Å². The number of aryl methyl sites for hydroxylation is 1. The van der Waals surface area contributed by atoms with Crippen molar-refractivity contribution in [3.05, 3.63) is 59.2 Å². The van der Waals surface area contributed by atoms with Crippen LogP contribution in [0.5, 0.6) is 0 Å². The van der Waals surface area contributed by atoms with Gasteiger partial charge in [0.25, 0.3) is 5.91 Å². The Morgan fingerprint density at radius 1 is 1.19 bits per heavy atom. The van der Waals surface area contributed by atoms with E-state index in [2.05, 4.69) is 0 Å². The Balaban J connectivity index is 2.09. The van der Waals surface area contributed by atoms with Crippen molar-refractivity contribution >= 4 is 27.4 Å². The van der Waals surface area contributed by atoms with Crippen molar-refractivity contribution < 1.29 is 23.1 Å². The minimum absolute atomic E-state index is 0.0275. The standard InChI is InChI=1S/C19H19NO5S/c1-3-12-8-9-13(26(2,24)25)10-15(12)18(21)20-11-16(19(22)23)14-6-4-5-7-17(14)20/h4-10,16H,3,11H2,1-2H3,(H,22,23). The highest BCUT2D eigenvalue weighted by Gasteiger charge is 2.37. The molecule has 3 rings (SSSR count). The van der Waals surface area contributed by atoms with Crippen molar-refractivity contribution in [2.45, 2.75) is 24.2 Å². The summed E-state index contributed by atoms with van der Waals surface area (Å²) in [5.41, 5.74) is 2.15. The van der Waals surface area contributed by atoms with Gasteiger partial charge in [-0.05, 0) is 35.7 Å². The maximum absolute atomic E-state index is 13.2. The van der Waals surface area contributed by atoms with Crippen LogP contribution in [0.1, 0.15) is 34.3 Å². The molecule has 0 bridgehead atoms. The number of hydrogen-bond acceptors (Lipinski definition) is 4. The summed E-state index contributed by atoms with van der Waals surface area (Å²) in [5.74, 6) is -2.17. The topological polar surface area (TPSA) is 91.8 Å². The van der Waals surface area contributed by atoms with E-state index in [9.17, 15) is 23.1 Å². The molecule has 1 aliphatic heterocycles. The number of nitrogens with zero attached hydrogens (tertiary/aromatic N) is 1. The van der Waals surface area contributed by atoms with Gasteiger partial charge in [0.1, 0.15) is 5.92 Å². The zero-order chi connectivity index (χ0) is 19.1. The van der Waals surface area contributed by atoms with Crippen molar-refractivity contribution in [3.8, 4) is 0 Å². The Morgan fingerprint density at radius 2 is 1.88 bits per heavy atom. The quantitative estimate of drug-likeness (QED) is 0.889. The number of rotatable bonds is 4. The monoisotopic (exact) mass is 373 g/mol. The average molecular weight is 373 g/mol. The third-order valence-corrected chi connectivity index (χ3v) is 5.74. The van der Waals surface area contributed by atoms with E-state index in [0.29, 0.717) is 17.7 Å². The molecule has 0 aromatic heterocycles. The Labute approximate surface area is 152 Å². The molecule has 1 aliphatic rings. The lowest BCUT2D eigenvalue weighted by molar-refractivity contribution is -0.138. The number of fused-ring (bicyclic) bond motifs is 1. The molecule has 7 heteroatoms. The van der Waals surface area contributed by atoms with Crippen LogP contribution < -0.4 is 4.90 Å². The van der Waals surface area contributed by atoms with Crippen molar-refractivity contribution in [2.75, 3.05) is 17.7 Å². The second-order valence-electron chi connectivity index (χ2n) is 6.31. The Kier molecular flexibility index (Phi) is 4.58.